The number of nitrogens with zero attached hydrogens (tertiary/aromatic N) is 3. The van der Waals surface area contributed by atoms with Crippen LogP contribution in [0.4, 0.5) is 0 Å². The lowest BCUT2D eigenvalue weighted by Crippen LogP contribution is -2.41. The van der Waals surface area contributed by atoms with Crippen LogP contribution in [0.25, 0.3) is 0 Å². The first kappa shape index (κ1) is 16.0. The molecule has 1 aliphatic heterocycles. The zero-order valence-electron chi connectivity index (χ0n) is 12.9. The summed E-state index contributed by atoms with van der Waals surface area (Å²) in [6, 6.07) is 5.61. The van der Waals surface area contributed by atoms with E-state index in [1.54, 1.807) is 36.5 Å². The van der Waals surface area contributed by atoms with Crippen LogP contribution in [0.5, 0.6) is 0 Å². The van der Waals surface area contributed by atoms with E-state index in [2.05, 4.69) is 20.8 Å². The molecule has 1 amide bonds. The van der Waals surface area contributed by atoms with Crippen LogP contribution in [0.3, 0.4) is 0 Å². The Morgan fingerprint density at radius 3 is 3.00 bits per heavy atom. The van der Waals surface area contributed by atoms with Crippen molar-refractivity contribution in [2.24, 2.45) is 0 Å². The number of hydrazine groups is 1. The molecule has 1 atom stereocenters. The molecule has 0 aromatic carbocycles. The van der Waals surface area contributed by atoms with Gasteiger partial charge in [0, 0.05) is 38.6 Å². The highest BCUT2D eigenvalue weighted by Crippen LogP contribution is 2.20. The van der Waals surface area contributed by atoms with E-state index in [1.165, 1.54) is 11.8 Å². The first-order valence-corrected chi connectivity index (χ1v) is 8.43. The number of nitrogens with one attached hydrogen (secondary N) is 2. The number of rotatable bonds is 6. The molecular weight excluding hydrogens is 314 g/mol. The molecule has 2 aromatic rings. The van der Waals surface area contributed by atoms with E-state index < -0.39 is 0 Å². The molecule has 0 radical (unpaired) electrons. The Morgan fingerprint density at radius 1 is 1.43 bits per heavy atom. The Balaban J connectivity index is 1.54. The van der Waals surface area contributed by atoms with Gasteiger partial charge < -0.3 is 9.32 Å². The number of hydrogen-bond acceptors (Lipinski definition) is 7. The Labute approximate surface area is 138 Å². The number of amides is 1. The monoisotopic (exact) mass is 333 g/mol. The van der Waals surface area contributed by atoms with Crippen LogP contribution in [-0.4, -0.2) is 47.0 Å². The topological polar surface area (TPSA) is 83.3 Å². The molecule has 8 heteroatoms. The predicted molar refractivity (Wildman–Crippen MR) is 86.8 cm³/mol. The zero-order valence-corrected chi connectivity index (χ0v) is 13.7. The zero-order chi connectivity index (χ0) is 16.1. The van der Waals surface area contributed by atoms with Crippen LogP contribution in [0.1, 0.15) is 22.7 Å². The molecule has 2 aromatic heterocycles. The van der Waals surface area contributed by atoms with Gasteiger partial charge in [0.15, 0.2) is 10.9 Å². The van der Waals surface area contributed by atoms with E-state index >= 15 is 0 Å². The minimum Gasteiger partial charge on any atom is -0.455 e. The average Bonchev–Trinajstić information content (AvgIpc) is 3.25. The number of carbonyl (C=O) groups is 1. The third-order valence-electron chi connectivity index (χ3n) is 3.52. The molecule has 3 heterocycles. The highest BCUT2D eigenvalue weighted by atomic mass is 32.2. The number of likely N-dealkylation sites (N-methyl/N-ethyl adjacent to an activating group) is 1. The normalized spacial score (nSPS) is 17.3. The van der Waals surface area contributed by atoms with Gasteiger partial charge in [-0.2, -0.15) is 0 Å². The minimum absolute atomic E-state index is 0.106. The average molecular weight is 333 g/mol. The van der Waals surface area contributed by atoms with E-state index in [4.69, 9.17) is 4.42 Å². The van der Waals surface area contributed by atoms with E-state index in [1.807, 2.05) is 6.07 Å². The lowest BCUT2D eigenvalue weighted by Gasteiger charge is -2.19. The fourth-order valence-electron chi connectivity index (χ4n) is 2.34. The molecule has 1 unspecified atom stereocenters. The van der Waals surface area contributed by atoms with Crippen LogP contribution in [0, 0.1) is 0 Å². The first-order chi connectivity index (χ1) is 11.2. The van der Waals surface area contributed by atoms with Gasteiger partial charge in [-0.1, -0.05) is 11.8 Å². The summed E-state index contributed by atoms with van der Waals surface area (Å²) in [7, 11) is 1.79. The van der Waals surface area contributed by atoms with Crippen molar-refractivity contribution in [3.8, 4) is 0 Å². The largest absolute Gasteiger partial charge is 0.455 e. The molecule has 23 heavy (non-hydrogen) atoms. The van der Waals surface area contributed by atoms with Crippen molar-refractivity contribution in [1.29, 1.82) is 0 Å². The summed E-state index contributed by atoms with van der Waals surface area (Å²) in [5.74, 6) is 1.59. The smallest absolute Gasteiger partial charge is 0.289 e. The maximum Gasteiger partial charge on any atom is 0.289 e. The minimum atomic E-state index is -0.106. The summed E-state index contributed by atoms with van der Waals surface area (Å²) in [5.41, 5.74) is 6.21. The summed E-state index contributed by atoms with van der Waals surface area (Å²) in [4.78, 5) is 22.3. The summed E-state index contributed by atoms with van der Waals surface area (Å²) in [5, 5.41) is 0.689. The second-order valence-corrected chi connectivity index (χ2v) is 6.27. The lowest BCUT2D eigenvalue weighted by molar-refractivity contribution is 0.0750. The van der Waals surface area contributed by atoms with Gasteiger partial charge in [0.2, 0.25) is 0 Å². The van der Waals surface area contributed by atoms with Gasteiger partial charge in [-0.3, -0.25) is 15.6 Å². The van der Waals surface area contributed by atoms with Gasteiger partial charge in [0.05, 0.1) is 5.75 Å². The molecule has 3 rings (SSSR count). The van der Waals surface area contributed by atoms with Gasteiger partial charge in [-0.15, -0.1) is 0 Å². The van der Waals surface area contributed by atoms with Crippen molar-refractivity contribution in [3.05, 3.63) is 42.1 Å². The van der Waals surface area contributed by atoms with Gasteiger partial charge in [0.1, 0.15) is 5.76 Å². The van der Waals surface area contributed by atoms with Gasteiger partial charge in [0.25, 0.3) is 5.91 Å². The number of hydrogen-bond donors (Lipinski definition) is 2. The standard InChI is InChI=1S/C15H19N5O2S/c1-20(9-11-5-8-18-19-11)14(21)13-4-3-12(22-13)10-23-15-16-6-2-7-17-15/h2-4,6-7,11,18-19H,5,8-10H2,1H3. The second-order valence-electron chi connectivity index (χ2n) is 5.33. The molecule has 1 saturated heterocycles. The molecule has 1 fully saturated rings. The van der Waals surface area contributed by atoms with Crippen LogP contribution in [0.15, 0.2) is 40.2 Å². The summed E-state index contributed by atoms with van der Waals surface area (Å²) < 4.78 is 5.65. The SMILES string of the molecule is CN(CC1CCNN1)C(=O)c1ccc(CSc2ncccn2)o1. The first-order valence-electron chi connectivity index (χ1n) is 7.45. The molecule has 2 N–H and O–H groups in total. The highest BCUT2D eigenvalue weighted by Gasteiger charge is 2.21. The number of aromatic nitrogens is 2. The Bertz CT molecular complexity index is 642. The Kier molecular flexibility index (Phi) is 5.27. The highest BCUT2D eigenvalue weighted by molar-refractivity contribution is 7.98. The summed E-state index contributed by atoms with van der Waals surface area (Å²) in [6.45, 7) is 1.57. The molecule has 7 nitrogen and oxygen atoms in total. The van der Waals surface area contributed by atoms with Crippen molar-refractivity contribution >= 4 is 17.7 Å². The molecule has 122 valence electrons. The molecule has 0 spiro atoms. The molecule has 0 aliphatic carbocycles. The van der Waals surface area contributed by atoms with Crippen LogP contribution in [0.2, 0.25) is 0 Å². The van der Waals surface area contributed by atoms with Gasteiger partial charge >= 0.3 is 0 Å². The molecule has 0 bridgehead atoms. The maximum absolute atomic E-state index is 12.4. The van der Waals surface area contributed by atoms with Crippen molar-refractivity contribution in [2.45, 2.75) is 23.4 Å². The van der Waals surface area contributed by atoms with E-state index in [0.29, 0.717) is 23.2 Å². The third-order valence-corrected chi connectivity index (χ3v) is 4.42. The lowest BCUT2D eigenvalue weighted by atomic mass is 10.2. The van der Waals surface area contributed by atoms with Crippen molar-refractivity contribution in [1.82, 2.24) is 25.7 Å². The quantitative estimate of drug-likeness (QED) is 0.609. The van der Waals surface area contributed by atoms with E-state index in [-0.39, 0.29) is 11.9 Å². The van der Waals surface area contributed by atoms with Crippen LogP contribution < -0.4 is 10.9 Å². The van der Waals surface area contributed by atoms with Crippen molar-refractivity contribution in [2.75, 3.05) is 20.1 Å². The van der Waals surface area contributed by atoms with Crippen LogP contribution in [-0.2, 0) is 5.75 Å². The molecule has 0 saturated carbocycles. The van der Waals surface area contributed by atoms with E-state index in [9.17, 15) is 4.79 Å². The second kappa shape index (κ2) is 7.58. The third kappa shape index (κ3) is 4.31. The summed E-state index contributed by atoms with van der Waals surface area (Å²) in [6.07, 6.45) is 4.41. The van der Waals surface area contributed by atoms with Crippen molar-refractivity contribution < 1.29 is 9.21 Å². The fraction of sp³-hybridized carbons (Fsp3) is 0.400. The van der Waals surface area contributed by atoms with Gasteiger partial charge in [-0.05, 0) is 24.6 Å². The number of thioether (sulfide) groups is 1. The van der Waals surface area contributed by atoms with Crippen molar-refractivity contribution in [3.63, 3.8) is 0 Å². The Morgan fingerprint density at radius 2 is 2.26 bits per heavy atom. The predicted octanol–water partition coefficient (Wildman–Crippen LogP) is 1.30. The number of carbonyl (C=O) groups excluding carboxylic acids is 1. The fourth-order valence-corrected chi connectivity index (χ4v) is 3.04. The summed E-state index contributed by atoms with van der Waals surface area (Å²) >= 11 is 1.47. The van der Waals surface area contributed by atoms with Crippen LogP contribution >= 0.6 is 11.8 Å². The maximum atomic E-state index is 12.4. The molecular formula is C15H19N5O2S. The van der Waals surface area contributed by atoms with Gasteiger partial charge in [-0.25, -0.2) is 9.97 Å². The molecule has 1 aliphatic rings. The number of furan rings is 1. The Hall–Kier alpha value is -1.90. The van der Waals surface area contributed by atoms with E-state index in [0.717, 1.165) is 18.7 Å².